The van der Waals surface area contributed by atoms with Crippen LogP contribution >= 0.6 is 0 Å². The van der Waals surface area contributed by atoms with Crippen molar-refractivity contribution < 1.29 is 0 Å². The van der Waals surface area contributed by atoms with E-state index < -0.39 is 0 Å². The van der Waals surface area contributed by atoms with Crippen LogP contribution in [0.3, 0.4) is 0 Å². The lowest BCUT2D eigenvalue weighted by molar-refractivity contribution is 0.0940. The highest BCUT2D eigenvalue weighted by Gasteiger charge is 2.52. The number of nitrogens with zero attached hydrogens (tertiary/aromatic N) is 1. The van der Waals surface area contributed by atoms with Gasteiger partial charge in [0.05, 0.1) is 0 Å². The molecule has 2 saturated carbocycles. The van der Waals surface area contributed by atoms with Crippen molar-refractivity contribution in [2.24, 2.45) is 11.8 Å². The van der Waals surface area contributed by atoms with E-state index in [0.29, 0.717) is 12.0 Å². The lowest BCUT2D eigenvalue weighted by Gasteiger charge is -2.50. The minimum Gasteiger partial charge on any atom is -0.309 e. The number of rotatable bonds is 4. The summed E-state index contributed by atoms with van der Waals surface area (Å²) in [7, 11) is 0. The molecule has 0 saturated heterocycles. The minimum atomic E-state index is 0.639. The van der Waals surface area contributed by atoms with Crippen LogP contribution in [-0.2, 0) is 6.54 Å². The van der Waals surface area contributed by atoms with Gasteiger partial charge in [0.25, 0.3) is 0 Å². The lowest BCUT2D eigenvalue weighted by Crippen LogP contribution is -2.54. The number of hydrogen-bond acceptors (Lipinski definition) is 2. The molecule has 2 heteroatoms. The highest BCUT2D eigenvalue weighted by molar-refractivity contribution is 5.28. The number of fused-ring (bicyclic) bond motifs is 1. The molecule has 2 aromatic rings. The second-order valence-corrected chi connectivity index (χ2v) is 6.46. The summed E-state index contributed by atoms with van der Waals surface area (Å²) in [5.74, 6) is 2.49. The number of benzene rings is 1. The number of hydrogen-bond donors (Lipinski definition) is 1. The van der Waals surface area contributed by atoms with Gasteiger partial charge in [0.15, 0.2) is 0 Å². The van der Waals surface area contributed by atoms with E-state index in [-0.39, 0.29) is 0 Å². The first kappa shape index (κ1) is 13.0. The molecule has 21 heavy (non-hydrogen) atoms. The van der Waals surface area contributed by atoms with E-state index >= 15 is 0 Å². The largest absolute Gasteiger partial charge is 0.309 e. The first-order valence-electron chi connectivity index (χ1n) is 8.11. The molecule has 0 aliphatic heterocycles. The third-order valence-electron chi connectivity index (χ3n) is 5.38. The van der Waals surface area contributed by atoms with Crippen LogP contribution in [0.25, 0.3) is 0 Å². The van der Waals surface area contributed by atoms with Crippen LogP contribution in [0.15, 0.2) is 54.9 Å². The Hall–Kier alpha value is -1.67. The number of pyridine rings is 1. The maximum absolute atomic E-state index is 4.21. The van der Waals surface area contributed by atoms with E-state index in [4.69, 9.17) is 0 Å². The molecule has 1 heterocycles. The van der Waals surface area contributed by atoms with Crippen LogP contribution in [0.4, 0.5) is 0 Å². The van der Waals surface area contributed by atoms with Gasteiger partial charge in [-0.3, -0.25) is 4.98 Å². The lowest BCUT2D eigenvalue weighted by atomic mass is 9.60. The molecule has 0 bridgehead atoms. The maximum Gasteiger partial charge on any atom is 0.0312 e. The van der Waals surface area contributed by atoms with E-state index in [1.807, 2.05) is 18.5 Å². The molecule has 4 rings (SSSR count). The maximum atomic E-state index is 4.21. The molecule has 2 fully saturated rings. The van der Waals surface area contributed by atoms with Crippen LogP contribution in [0, 0.1) is 11.8 Å². The summed E-state index contributed by atoms with van der Waals surface area (Å²) in [5, 5.41) is 3.82. The fraction of sp³-hybridized carbons (Fsp3) is 0.421. The van der Waals surface area contributed by atoms with Gasteiger partial charge in [0.2, 0.25) is 0 Å². The molecule has 2 aliphatic rings. The zero-order chi connectivity index (χ0) is 14.1. The van der Waals surface area contributed by atoms with Crippen molar-refractivity contribution in [2.75, 3.05) is 0 Å². The Labute approximate surface area is 126 Å². The molecule has 4 atom stereocenters. The van der Waals surface area contributed by atoms with Crippen LogP contribution in [0.2, 0.25) is 0 Å². The SMILES string of the molecule is c1ccc([C@@H]2[C@H]3CCC[C@@H]3[C@H]2NCc2cccnc2)cc1. The van der Waals surface area contributed by atoms with Crippen LogP contribution in [-0.4, -0.2) is 11.0 Å². The summed E-state index contributed by atoms with van der Waals surface area (Å²) in [4.78, 5) is 4.21. The predicted molar refractivity (Wildman–Crippen MR) is 84.9 cm³/mol. The zero-order valence-electron chi connectivity index (χ0n) is 12.3. The summed E-state index contributed by atoms with van der Waals surface area (Å²) in [6.07, 6.45) is 8.03. The fourth-order valence-electron chi connectivity index (χ4n) is 4.44. The first-order valence-corrected chi connectivity index (χ1v) is 8.11. The molecule has 1 aromatic heterocycles. The van der Waals surface area contributed by atoms with E-state index in [0.717, 1.165) is 18.4 Å². The fourth-order valence-corrected chi connectivity index (χ4v) is 4.44. The molecule has 2 aliphatic carbocycles. The summed E-state index contributed by atoms with van der Waals surface area (Å²) >= 11 is 0. The van der Waals surface area contributed by atoms with Gasteiger partial charge in [-0.15, -0.1) is 0 Å². The highest BCUT2D eigenvalue weighted by Crippen LogP contribution is 2.55. The summed E-state index contributed by atoms with van der Waals surface area (Å²) < 4.78 is 0. The Bertz CT molecular complexity index is 581. The average Bonchev–Trinajstić information content (AvgIpc) is 2.94. The molecule has 1 aromatic carbocycles. The molecular formula is C19H22N2. The molecular weight excluding hydrogens is 256 g/mol. The van der Waals surface area contributed by atoms with Gasteiger partial charge in [0.1, 0.15) is 0 Å². The van der Waals surface area contributed by atoms with E-state index in [1.54, 1.807) is 0 Å². The van der Waals surface area contributed by atoms with Gasteiger partial charge in [-0.05, 0) is 41.9 Å². The third kappa shape index (κ3) is 2.38. The second kappa shape index (κ2) is 5.61. The van der Waals surface area contributed by atoms with Crippen LogP contribution in [0.5, 0.6) is 0 Å². The molecule has 1 N–H and O–H groups in total. The van der Waals surface area contributed by atoms with Crippen molar-refractivity contribution in [2.45, 2.75) is 37.8 Å². The van der Waals surface area contributed by atoms with E-state index in [2.05, 4.69) is 46.7 Å². The Morgan fingerprint density at radius 1 is 1.00 bits per heavy atom. The Kier molecular flexibility index (Phi) is 3.48. The molecule has 108 valence electrons. The average molecular weight is 278 g/mol. The number of nitrogens with one attached hydrogen (secondary N) is 1. The summed E-state index contributed by atoms with van der Waals surface area (Å²) in [6.45, 7) is 0.936. The monoisotopic (exact) mass is 278 g/mol. The van der Waals surface area contributed by atoms with Gasteiger partial charge < -0.3 is 5.32 Å². The van der Waals surface area contributed by atoms with Gasteiger partial charge in [-0.1, -0.05) is 42.8 Å². The van der Waals surface area contributed by atoms with Gasteiger partial charge in [0, 0.05) is 30.9 Å². The van der Waals surface area contributed by atoms with Crippen LogP contribution in [0.1, 0.15) is 36.3 Å². The van der Waals surface area contributed by atoms with Gasteiger partial charge >= 0.3 is 0 Å². The molecule has 0 spiro atoms. The van der Waals surface area contributed by atoms with E-state index in [9.17, 15) is 0 Å². The molecule has 0 radical (unpaired) electrons. The van der Waals surface area contributed by atoms with Crippen molar-refractivity contribution >= 4 is 0 Å². The van der Waals surface area contributed by atoms with Gasteiger partial charge in [-0.25, -0.2) is 0 Å². The first-order chi connectivity index (χ1) is 10.4. The van der Waals surface area contributed by atoms with Crippen molar-refractivity contribution in [3.8, 4) is 0 Å². The standard InChI is InChI=1S/C19H22N2/c1-2-7-15(8-3-1)18-16-9-4-10-17(16)19(18)21-13-14-6-5-11-20-12-14/h1-3,5-8,11-12,16-19,21H,4,9-10,13H2/t16-,17-,18+,19+/m0/s1. The van der Waals surface area contributed by atoms with Crippen molar-refractivity contribution in [1.82, 2.24) is 10.3 Å². The van der Waals surface area contributed by atoms with Crippen LogP contribution < -0.4 is 5.32 Å². The Morgan fingerprint density at radius 2 is 1.86 bits per heavy atom. The second-order valence-electron chi connectivity index (χ2n) is 6.46. The van der Waals surface area contributed by atoms with Gasteiger partial charge in [-0.2, -0.15) is 0 Å². The zero-order valence-corrected chi connectivity index (χ0v) is 12.3. The van der Waals surface area contributed by atoms with Crippen molar-refractivity contribution in [3.63, 3.8) is 0 Å². The van der Waals surface area contributed by atoms with Crippen molar-refractivity contribution in [3.05, 3.63) is 66.0 Å². The van der Waals surface area contributed by atoms with E-state index in [1.165, 1.54) is 30.4 Å². The molecule has 0 unspecified atom stereocenters. The third-order valence-corrected chi connectivity index (χ3v) is 5.38. The highest BCUT2D eigenvalue weighted by atomic mass is 15.0. The smallest absolute Gasteiger partial charge is 0.0312 e. The summed E-state index contributed by atoms with van der Waals surface area (Å²) in [5.41, 5.74) is 2.80. The topological polar surface area (TPSA) is 24.9 Å². The number of aromatic nitrogens is 1. The molecule has 2 nitrogen and oxygen atoms in total. The summed E-state index contributed by atoms with van der Waals surface area (Å²) in [6, 6.07) is 15.9. The predicted octanol–water partition coefficient (Wildman–Crippen LogP) is 3.75. The molecule has 0 amide bonds. The van der Waals surface area contributed by atoms with Crippen molar-refractivity contribution in [1.29, 1.82) is 0 Å². The Morgan fingerprint density at radius 3 is 2.67 bits per heavy atom. The quantitative estimate of drug-likeness (QED) is 0.921. The Balaban J connectivity index is 1.50. The normalized spacial score (nSPS) is 30.7. The minimum absolute atomic E-state index is 0.639.